The molecule has 1 amide bonds. The molecule has 8 heteroatoms. The molecule has 0 radical (unpaired) electrons. The molecule has 0 spiro atoms. The number of anilines is 1. The molecule has 0 saturated heterocycles. The Morgan fingerprint density at radius 1 is 1.16 bits per heavy atom. The Hall–Kier alpha value is -3.03. The molecule has 0 saturated carbocycles. The van der Waals surface area contributed by atoms with E-state index in [2.05, 4.69) is 10.2 Å². The molecule has 2 heterocycles. The van der Waals surface area contributed by atoms with E-state index in [1.54, 1.807) is 22.3 Å². The van der Waals surface area contributed by atoms with Crippen molar-refractivity contribution in [1.29, 1.82) is 0 Å². The van der Waals surface area contributed by atoms with Gasteiger partial charge in [-0.1, -0.05) is 29.8 Å². The second-order valence-corrected chi connectivity index (χ2v) is 8.38. The molecule has 0 aliphatic carbocycles. The third kappa shape index (κ3) is 5.00. The number of halogens is 2. The maximum atomic E-state index is 13.7. The van der Waals surface area contributed by atoms with Crippen LogP contribution in [-0.4, -0.2) is 16.1 Å². The van der Waals surface area contributed by atoms with Crippen LogP contribution < -0.4 is 4.90 Å². The number of benzene rings is 2. The van der Waals surface area contributed by atoms with E-state index in [9.17, 15) is 9.18 Å². The number of carbonyl (C=O) groups excluding carboxylic acids is 1. The smallest absolute Gasteiger partial charge is 0.247 e. The summed E-state index contributed by atoms with van der Waals surface area (Å²) < 4.78 is 19.4. The fourth-order valence-corrected chi connectivity index (χ4v) is 4.16. The van der Waals surface area contributed by atoms with Crippen LogP contribution in [0.4, 0.5) is 10.1 Å². The fourth-order valence-electron chi connectivity index (χ4n) is 3.09. The number of carbonyl (C=O) groups is 1. The van der Waals surface area contributed by atoms with Crippen LogP contribution in [0, 0.1) is 12.7 Å². The first-order valence-electron chi connectivity index (χ1n) is 9.67. The summed E-state index contributed by atoms with van der Waals surface area (Å²) in [5.74, 6) is 0.135. The van der Waals surface area contributed by atoms with Gasteiger partial charge in [-0.2, -0.15) is 0 Å². The predicted molar refractivity (Wildman–Crippen MR) is 120 cm³/mol. The summed E-state index contributed by atoms with van der Waals surface area (Å²) in [5, 5.41) is 10.1. The lowest BCUT2D eigenvalue weighted by atomic mass is 10.2. The first-order valence-corrected chi connectivity index (χ1v) is 10.9. The Morgan fingerprint density at radius 3 is 2.68 bits per heavy atom. The summed E-state index contributed by atoms with van der Waals surface area (Å²) in [5.41, 5.74) is 2.46. The molecular weight excluding hydrogens is 437 g/mol. The van der Waals surface area contributed by atoms with E-state index in [1.807, 2.05) is 48.7 Å². The van der Waals surface area contributed by atoms with Gasteiger partial charge >= 0.3 is 0 Å². The number of hydrogen-bond donors (Lipinski definition) is 0. The van der Waals surface area contributed by atoms with Gasteiger partial charge in [-0.05, 0) is 54.3 Å². The summed E-state index contributed by atoms with van der Waals surface area (Å²) in [6.45, 7) is 2.37. The van der Waals surface area contributed by atoms with Crippen LogP contribution in [0.15, 0.2) is 64.4 Å². The van der Waals surface area contributed by atoms with Gasteiger partial charge < -0.3 is 9.32 Å². The Morgan fingerprint density at radius 2 is 1.97 bits per heavy atom. The van der Waals surface area contributed by atoms with Crippen molar-refractivity contribution in [3.05, 3.63) is 87.1 Å². The second kappa shape index (κ2) is 9.41. The number of aryl methyl sites for hydroxylation is 2. The highest BCUT2D eigenvalue weighted by Crippen LogP contribution is 2.27. The lowest BCUT2D eigenvalue weighted by Crippen LogP contribution is -2.30. The van der Waals surface area contributed by atoms with Gasteiger partial charge in [0.25, 0.3) is 0 Å². The van der Waals surface area contributed by atoms with Crippen molar-refractivity contribution in [1.82, 2.24) is 10.2 Å². The molecule has 0 bridgehead atoms. The monoisotopic (exact) mass is 455 g/mol. The average molecular weight is 456 g/mol. The molecule has 31 heavy (non-hydrogen) atoms. The minimum absolute atomic E-state index is 0.0254. The van der Waals surface area contributed by atoms with Crippen molar-refractivity contribution >= 4 is 34.5 Å². The van der Waals surface area contributed by atoms with Crippen LogP contribution in [-0.2, 0) is 17.8 Å². The van der Waals surface area contributed by atoms with E-state index < -0.39 is 5.82 Å². The zero-order valence-electron chi connectivity index (χ0n) is 16.7. The molecule has 5 nitrogen and oxygen atoms in total. The van der Waals surface area contributed by atoms with Crippen LogP contribution in [0.5, 0.6) is 0 Å². The molecule has 0 unspecified atom stereocenters. The van der Waals surface area contributed by atoms with Gasteiger partial charge in [0.05, 0.1) is 11.6 Å². The summed E-state index contributed by atoms with van der Waals surface area (Å²) in [7, 11) is 0. The summed E-state index contributed by atoms with van der Waals surface area (Å²) in [4.78, 5) is 15.8. The van der Waals surface area contributed by atoms with Gasteiger partial charge in [-0.3, -0.25) is 4.79 Å². The van der Waals surface area contributed by atoms with Gasteiger partial charge in [-0.25, -0.2) is 4.39 Å². The van der Waals surface area contributed by atoms with E-state index in [0.29, 0.717) is 30.4 Å². The molecule has 0 aliphatic heterocycles. The lowest BCUT2D eigenvalue weighted by Gasteiger charge is -2.23. The maximum Gasteiger partial charge on any atom is 0.247 e. The normalized spacial score (nSPS) is 10.9. The molecule has 0 N–H and O–H groups in total. The minimum atomic E-state index is -0.524. The van der Waals surface area contributed by atoms with E-state index >= 15 is 0 Å². The largest absolute Gasteiger partial charge is 0.421 e. The highest BCUT2D eigenvalue weighted by molar-refractivity contribution is 7.10. The third-order valence-corrected chi connectivity index (χ3v) is 6.12. The van der Waals surface area contributed by atoms with Gasteiger partial charge in [0, 0.05) is 29.0 Å². The molecule has 4 rings (SSSR count). The van der Waals surface area contributed by atoms with Gasteiger partial charge in [0.2, 0.25) is 17.7 Å². The standard InChI is InChI=1S/C23H19ClFN3O2S/c1-15-11-12-31-20(15)14-28(17-7-8-19(25)18(24)13-17)22(29)10-9-21-26-27-23(30-21)16-5-3-2-4-6-16/h2-8,11-13H,9-10,14H2,1H3. The van der Waals surface area contributed by atoms with Crippen molar-refractivity contribution in [3.8, 4) is 11.5 Å². The molecule has 2 aromatic carbocycles. The topological polar surface area (TPSA) is 59.2 Å². The van der Waals surface area contributed by atoms with E-state index in [1.165, 1.54) is 12.1 Å². The molecule has 158 valence electrons. The second-order valence-electron chi connectivity index (χ2n) is 6.97. The van der Waals surface area contributed by atoms with E-state index in [0.717, 1.165) is 16.0 Å². The number of thiophene rings is 1. The SMILES string of the molecule is Cc1ccsc1CN(C(=O)CCc1nnc(-c2ccccc2)o1)c1ccc(F)c(Cl)c1. The molecule has 2 aromatic heterocycles. The Balaban J connectivity index is 1.51. The summed E-state index contributed by atoms with van der Waals surface area (Å²) in [6, 6.07) is 15.7. The van der Waals surface area contributed by atoms with Crippen molar-refractivity contribution in [2.45, 2.75) is 26.3 Å². The maximum absolute atomic E-state index is 13.7. The van der Waals surface area contributed by atoms with Crippen LogP contribution in [0.1, 0.15) is 22.8 Å². The van der Waals surface area contributed by atoms with Crippen molar-refractivity contribution < 1.29 is 13.6 Å². The van der Waals surface area contributed by atoms with Crippen molar-refractivity contribution in [2.24, 2.45) is 0 Å². The van der Waals surface area contributed by atoms with Gasteiger partial charge in [-0.15, -0.1) is 21.5 Å². The fraction of sp³-hybridized carbons (Fsp3) is 0.174. The Labute approximate surface area is 188 Å². The minimum Gasteiger partial charge on any atom is -0.421 e. The van der Waals surface area contributed by atoms with Crippen molar-refractivity contribution in [3.63, 3.8) is 0 Å². The van der Waals surface area contributed by atoms with Crippen LogP contribution in [0.2, 0.25) is 5.02 Å². The molecule has 0 atom stereocenters. The van der Waals surface area contributed by atoms with E-state index in [4.69, 9.17) is 16.0 Å². The first-order chi connectivity index (χ1) is 15.0. The first kappa shape index (κ1) is 21.2. The molecular formula is C23H19ClFN3O2S. The number of aromatic nitrogens is 2. The van der Waals surface area contributed by atoms with E-state index in [-0.39, 0.29) is 17.4 Å². The zero-order valence-corrected chi connectivity index (χ0v) is 18.3. The Kier molecular flexibility index (Phi) is 6.44. The van der Waals surface area contributed by atoms with Crippen LogP contribution >= 0.6 is 22.9 Å². The summed E-state index contributed by atoms with van der Waals surface area (Å²) in [6.07, 6.45) is 0.462. The molecule has 4 aromatic rings. The van der Waals surface area contributed by atoms with Gasteiger partial charge in [0.15, 0.2) is 0 Å². The predicted octanol–water partition coefficient (Wildman–Crippen LogP) is 6.07. The highest BCUT2D eigenvalue weighted by atomic mass is 35.5. The lowest BCUT2D eigenvalue weighted by molar-refractivity contribution is -0.118. The summed E-state index contributed by atoms with van der Waals surface area (Å²) >= 11 is 7.54. The molecule has 0 aliphatic rings. The average Bonchev–Trinajstić information content (AvgIpc) is 3.42. The quantitative estimate of drug-likeness (QED) is 0.339. The van der Waals surface area contributed by atoms with Gasteiger partial charge in [0.1, 0.15) is 5.82 Å². The highest BCUT2D eigenvalue weighted by Gasteiger charge is 2.20. The number of amides is 1. The molecule has 0 fully saturated rings. The van der Waals surface area contributed by atoms with Crippen LogP contribution in [0.25, 0.3) is 11.5 Å². The third-order valence-electron chi connectivity index (χ3n) is 4.83. The van der Waals surface area contributed by atoms with Crippen molar-refractivity contribution in [2.75, 3.05) is 4.90 Å². The number of nitrogens with zero attached hydrogens (tertiary/aromatic N) is 3. The van der Waals surface area contributed by atoms with Crippen LogP contribution in [0.3, 0.4) is 0 Å². The zero-order chi connectivity index (χ0) is 21.8. The Bertz CT molecular complexity index is 1190. The number of hydrogen-bond acceptors (Lipinski definition) is 5. The number of rotatable bonds is 7.